The molecule has 1 aromatic carbocycles. The van der Waals surface area contributed by atoms with Crippen molar-refractivity contribution >= 4 is 0 Å². The van der Waals surface area contributed by atoms with Crippen LogP contribution in [0.5, 0.6) is 0 Å². The van der Waals surface area contributed by atoms with Crippen LogP contribution in [-0.4, -0.2) is 6.54 Å². The zero-order valence-corrected chi connectivity index (χ0v) is 7.25. The van der Waals surface area contributed by atoms with E-state index in [1.54, 1.807) is 6.07 Å². The van der Waals surface area contributed by atoms with E-state index in [2.05, 4.69) is 17.3 Å². The molecular formula is C11H10N2. The molecule has 0 fully saturated rings. The molecule has 1 aromatic rings. The van der Waals surface area contributed by atoms with Crippen molar-refractivity contribution < 1.29 is 0 Å². The first-order valence-electron chi connectivity index (χ1n) is 4.00. The van der Waals surface area contributed by atoms with Crippen molar-refractivity contribution in [1.29, 1.82) is 5.26 Å². The summed E-state index contributed by atoms with van der Waals surface area (Å²) in [6.07, 6.45) is 5.08. The molecule has 2 nitrogen and oxygen atoms in total. The summed E-state index contributed by atoms with van der Waals surface area (Å²) in [6.45, 7) is 1.26. The maximum absolute atomic E-state index is 8.63. The van der Waals surface area contributed by atoms with E-state index >= 15 is 0 Å². The van der Waals surface area contributed by atoms with Crippen molar-refractivity contribution in [3.8, 4) is 18.4 Å². The Kier molecular flexibility index (Phi) is 3.57. The van der Waals surface area contributed by atoms with Crippen LogP contribution in [0.2, 0.25) is 0 Å². The van der Waals surface area contributed by atoms with Crippen LogP contribution in [0, 0.1) is 23.7 Å². The van der Waals surface area contributed by atoms with Gasteiger partial charge in [0.25, 0.3) is 0 Å². The predicted octanol–water partition coefficient (Wildman–Crippen LogP) is 1.28. The molecule has 0 unspecified atom stereocenters. The zero-order valence-electron chi connectivity index (χ0n) is 7.25. The van der Waals surface area contributed by atoms with Gasteiger partial charge in [-0.2, -0.15) is 5.26 Å². The lowest BCUT2D eigenvalue weighted by atomic mass is 10.1. The van der Waals surface area contributed by atoms with Crippen LogP contribution in [0.1, 0.15) is 11.1 Å². The van der Waals surface area contributed by atoms with Crippen molar-refractivity contribution in [3.63, 3.8) is 0 Å². The van der Waals surface area contributed by atoms with Crippen molar-refractivity contribution in [3.05, 3.63) is 35.4 Å². The number of hydrogen-bond donors (Lipinski definition) is 1. The molecule has 0 aliphatic rings. The van der Waals surface area contributed by atoms with E-state index < -0.39 is 0 Å². The minimum Gasteiger partial charge on any atom is -0.302 e. The number of benzene rings is 1. The molecule has 0 aliphatic heterocycles. The monoisotopic (exact) mass is 170 g/mol. The summed E-state index contributed by atoms with van der Waals surface area (Å²) in [7, 11) is 0. The minimum absolute atomic E-state index is 0.552. The lowest BCUT2D eigenvalue weighted by Gasteiger charge is -2.00. The standard InChI is InChI=1S/C11H10N2/c1-2-6-13-9-11-5-3-4-10(7-11)8-12/h1,3-5,7,13H,6,9H2. The highest BCUT2D eigenvalue weighted by atomic mass is 14.8. The second kappa shape index (κ2) is 4.98. The molecule has 0 saturated carbocycles. The Balaban J connectivity index is 2.59. The second-order valence-electron chi connectivity index (χ2n) is 2.62. The van der Waals surface area contributed by atoms with Crippen molar-refractivity contribution in [2.45, 2.75) is 6.54 Å². The van der Waals surface area contributed by atoms with Gasteiger partial charge in [-0.15, -0.1) is 6.42 Å². The Labute approximate surface area is 78.2 Å². The maximum atomic E-state index is 8.63. The number of rotatable bonds is 3. The van der Waals surface area contributed by atoms with Crippen molar-refractivity contribution in [1.82, 2.24) is 5.32 Å². The summed E-state index contributed by atoms with van der Waals surface area (Å²) in [5.41, 5.74) is 1.76. The van der Waals surface area contributed by atoms with E-state index in [0.29, 0.717) is 18.7 Å². The normalized spacial score (nSPS) is 8.77. The summed E-state index contributed by atoms with van der Waals surface area (Å²) in [4.78, 5) is 0. The number of nitrogens with one attached hydrogen (secondary N) is 1. The maximum Gasteiger partial charge on any atom is 0.0991 e. The van der Waals surface area contributed by atoms with E-state index in [0.717, 1.165) is 5.56 Å². The largest absolute Gasteiger partial charge is 0.302 e. The van der Waals surface area contributed by atoms with Crippen LogP contribution < -0.4 is 5.32 Å². The molecule has 0 radical (unpaired) electrons. The SMILES string of the molecule is C#CCNCc1cccc(C#N)c1. The topological polar surface area (TPSA) is 35.8 Å². The highest BCUT2D eigenvalue weighted by Crippen LogP contribution is 2.03. The van der Waals surface area contributed by atoms with Gasteiger partial charge in [0.2, 0.25) is 0 Å². The molecule has 0 spiro atoms. The van der Waals surface area contributed by atoms with Crippen LogP contribution in [0.4, 0.5) is 0 Å². The number of nitrogens with zero attached hydrogens (tertiary/aromatic N) is 1. The molecule has 13 heavy (non-hydrogen) atoms. The molecule has 1 rings (SSSR count). The molecule has 2 heteroatoms. The van der Waals surface area contributed by atoms with E-state index in [9.17, 15) is 0 Å². The Morgan fingerprint density at radius 2 is 2.31 bits per heavy atom. The Bertz CT molecular complexity index is 355. The molecular weight excluding hydrogens is 160 g/mol. The van der Waals surface area contributed by atoms with Crippen LogP contribution in [0.3, 0.4) is 0 Å². The van der Waals surface area contributed by atoms with Gasteiger partial charge in [-0.1, -0.05) is 18.1 Å². The van der Waals surface area contributed by atoms with Gasteiger partial charge in [0.1, 0.15) is 0 Å². The van der Waals surface area contributed by atoms with E-state index in [-0.39, 0.29) is 0 Å². The number of terminal acetylenes is 1. The summed E-state index contributed by atoms with van der Waals surface area (Å²) in [5.74, 6) is 2.49. The molecule has 0 bridgehead atoms. The smallest absolute Gasteiger partial charge is 0.0991 e. The lowest BCUT2D eigenvalue weighted by molar-refractivity contribution is 0.770. The first-order chi connectivity index (χ1) is 6.36. The highest BCUT2D eigenvalue weighted by Gasteiger charge is 1.93. The summed E-state index contributed by atoms with van der Waals surface area (Å²) < 4.78 is 0. The molecule has 0 aliphatic carbocycles. The van der Waals surface area contributed by atoms with Gasteiger partial charge in [-0.05, 0) is 17.7 Å². The lowest BCUT2D eigenvalue weighted by Crippen LogP contribution is -2.12. The van der Waals surface area contributed by atoms with Crippen LogP contribution >= 0.6 is 0 Å². The quantitative estimate of drug-likeness (QED) is 0.548. The predicted molar refractivity (Wildman–Crippen MR) is 51.7 cm³/mol. The molecule has 0 amide bonds. The summed E-state index contributed by atoms with van der Waals surface area (Å²) >= 11 is 0. The van der Waals surface area contributed by atoms with Gasteiger partial charge in [0, 0.05) is 6.54 Å². The van der Waals surface area contributed by atoms with Gasteiger partial charge in [-0.3, -0.25) is 0 Å². The van der Waals surface area contributed by atoms with Gasteiger partial charge in [0.05, 0.1) is 18.2 Å². The van der Waals surface area contributed by atoms with Crippen LogP contribution in [0.15, 0.2) is 24.3 Å². The fourth-order valence-corrected chi connectivity index (χ4v) is 1.03. The second-order valence-corrected chi connectivity index (χ2v) is 2.62. The third-order valence-corrected chi connectivity index (χ3v) is 1.61. The van der Waals surface area contributed by atoms with Gasteiger partial charge < -0.3 is 5.32 Å². The third kappa shape index (κ3) is 2.99. The van der Waals surface area contributed by atoms with Crippen LogP contribution in [-0.2, 0) is 6.54 Å². The third-order valence-electron chi connectivity index (χ3n) is 1.61. The number of hydrogen-bond acceptors (Lipinski definition) is 2. The van der Waals surface area contributed by atoms with Gasteiger partial charge >= 0.3 is 0 Å². The molecule has 64 valence electrons. The first kappa shape index (κ1) is 9.32. The van der Waals surface area contributed by atoms with Crippen molar-refractivity contribution in [2.75, 3.05) is 6.54 Å². The fourth-order valence-electron chi connectivity index (χ4n) is 1.03. The Hall–Kier alpha value is -1.77. The highest BCUT2D eigenvalue weighted by molar-refractivity contribution is 5.32. The molecule has 0 heterocycles. The summed E-state index contributed by atoms with van der Waals surface area (Å²) in [5, 5.41) is 11.7. The van der Waals surface area contributed by atoms with E-state index in [1.807, 2.05) is 18.2 Å². The molecule has 0 atom stereocenters. The average Bonchev–Trinajstić information content (AvgIpc) is 2.19. The summed E-state index contributed by atoms with van der Waals surface area (Å²) in [6, 6.07) is 9.55. The van der Waals surface area contributed by atoms with Gasteiger partial charge in [0.15, 0.2) is 0 Å². The van der Waals surface area contributed by atoms with E-state index in [4.69, 9.17) is 11.7 Å². The Morgan fingerprint density at radius 3 is 3.00 bits per heavy atom. The van der Waals surface area contributed by atoms with Gasteiger partial charge in [-0.25, -0.2) is 0 Å². The minimum atomic E-state index is 0.552. The van der Waals surface area contributed by atoms with Crippen molar-refractivity contribution in [2.24, 2.45) is 0 Å². The molecule has 0 aromatic heterocycles. The average molecular weight is 170 g/mol. The zero-order chi connectivity index (χ0) is 9.52. The van der Waals surface area contributed by atoms with E-state index in [1.165, 1.54) is 0 Å². The fraction of sp³-hybridized carbons (Fsp3) is 0.182. The van der Waals surface area contributed by atoms with Crippen LogP contribution in [0.25, 0.3) is 0 Å². The Morgan fingerprint density at radius 1 is 1.46 bits per heavy atom. The first-order valence-corrected chi connectivity index (χ1v) is 4.00. The number of nitriles is 1. The molecule has 0 saturated heterocycles. The molecule has 1 N–H and O–H groups in total.